The predicted octanol–water partition coefficient (Wildman–Crippen LogP) is 4.27. The minimum absolute atomic E-state index is 0.325. The van der Waals surface area contributed by atoms with E-state index in [9.17, 15) is 8.78 Å². The van der Waals surface area contributed by atoms with E-state index in [1.54, 1.807) is 0 Å². The highest BCUT2D eigenvalue weighted by Gasteiger charge is 2.06. The van der Waals surface area contributed by atoms with Crippen molar-refractivity contribution in [3.8, 4) is 0 Å². The third-order valence-corrected chi connectivity index (χ3v) is 3.07. The number of nitrogens with one attached hydrogen (secondary N) is 1. The Bertz CT molecular complexity index is 364. The molecule has 1 rings (SSSR count). The average molecular weight is 255 g/mol. The third kappa shape index (κ3) is 5.58. The molecule has 1 atom stereocenters. The molecule has 0 aliphatic heterocycles. The van der Waals surface area contributed by atoms with E-state index in [0.29, 0.717) is 18.2 Å². The Hall–Kier alpha value is -0.960. The first-order chi connectivity index (χ1) is 8.49. The van der Waals surface area contributed by atoms with Gasteiger partial charge in [0.25, 0.3) is 0 Å². The zero-order valence-corrected chi connectivity index (χ0v) is 11.5. The van der Waals surface area contributed by atoms with Crippen LogP contribution in [0.15, 0.2) is 18.2 Å². The maximum absolute atomic E-state index is 13.4. The van der Waals surface area contributed by atoms with Crippen molar-refractivity contribution in [3.05, 3.63) is 35.4 Å². The molecule has 1 aromatic carbocycles. The lowest BCUT2D eigenvalue weighted by atomic mass is 10.0. The van der Waals surface area contributed by atoms with Gasteiger partial charge < -0.3 is 5.32 Å². The number of hydrogen-bond donors (Lipinski definition) is 1. The second-order valence-corrected chi connectivity index (χ2v) is 5.34. The molecule has 18 heavy (non-hydrogen) atoms. The van der Waals surface area contributed by atoms with Crippen molar-refractivity contribution in [2.24, 2.45) is 5.92 Å². The van der Waals surface area contributed by atoms with E-state index in [2.05, 4.69) is 26.1 Å². The molecular formula is C15H23F2N. The van der Waals surface area contributed by atoms with Crippen LogP contribution in [0.4, 0.5) is 8.78 Å². The second kappa shape index (κ2) is 7.47. The summed E-state index contributed by atoms with van der Waals surface area (Å²) >= 11 is 0. The van der Waals surface area contributed by atoms with Crippen LogP contribution in [0.5, 0.6) is 0 Å². The van der Waals surface area contributed by atoms with Gasteiger partial charge in [0.15, 0.2) is 0 Å². The highest BCUT2D eigenvalue weighted by atomic mass is 19.1. The van der Waals surface area contributed by atoms with Crippen LogP contribution in [-0.2, 0) is 6.54 Å². The first kappa shape index (κ1) is 15.1. The lowest BCUT2D eigenvalue weighted by molar-refractivity contribution is 0.452. The van der Waals surface area contributed by atoms with Gasteiger partial charge in [-0.3, -0.25) is 0 Å². The maximum Gasteiger partial charge on any atom is 0.127 e. The van der Waals surface area contributed by atoms with E-state index < -0.39 is 0 Å². The summed E-state index contributed by atoms with van der Waals surface area (Å²) in [6.45, 7) is 6.88. The summed E-state index contributed by atoms with van der Waals surface area (Å²) in [4.78, 5) is 0. The quantitative estimate of drug-likeness (QED) is 0.767. The van der Waals surface area contributed by atoms with Gasteiger partial charge >= 0.3 is 0 Å². The molecule has 1 nitrogen and oxygen atoms in total. The van der Waals surface area contributed by atoms with Crippen molar-refractivity contribution in [3.63, 3.8) is 0 Å². The predicted molar refractivity (Wildman–Crippen MR) is 71.3 cm³/mol. The van der Waals surface area contributed by atoms with Crippen LogP contribution in [0.3, 0.4) is 0 Å². The first-order valence-corrected chi connectivity index (χ1v) is 6.66. The molecule has 1 aromatic rings. The Morgan fingerprint density at radius 3 is 2.50 bits per heavy atom. The number of rotatable bonds is 7. The van der Waals surface area contributed by atoms with Crippen molar-refractivity contribution < 1.29 is 8.78 Å². The molecule has 0 aliphatic rings. The fraction of sp³-hybridized carbons (Fsp3) is 0.600. The van der Waals surface area contributed by atoms with E-state index in [1.807, 2.05) is 0 Å². The topological polar surface area (TPSA) is 12.0 Å². The molecule has 1 N–H and O–H groups in total. The summed E-state index contributed by atoms with van der Waals surface area (Å²) in [6, 6.07) is 3.90. The van der Waals surface area contributed by atoms with Gasteiger partial charge in [0.2, 0.25) is 0 Å². The Balaban J connectivity index is 2.33. The van der Waals surface area contributed by atoms with Gasteiger partial charge in [-0.05, 0) is 37.5 Å². The molecular weight excluding hydrogens is 232 g/mol. The summed E-state index contributed by atoms with van der Waals surface area (Å²) < 4.78 is 26.3. The van der Waals surface area contributed by atoms with E-state index in [1.165, 1.54) is 18.6 Å². The smallest absolute Gasteiger partial charge is 0.127 e. The van der Waals surface area contributed by atoms with Crippen LogP contribution in [-0.4, -0.2) is 6.04 Å². The van der Waals surface area contributed by atoms with Crippen LogP contribution >= 0.6 is 0 Å². The van der Waals surface area contributed by atoms with E-state index in [-0.39, 0.29) is 11.6 Å². The highest BCUT2D eigenvalue weighted by molar-refractivity contribution is 5.18. The number of hydrogen-bond acceptors (Lipinski definition) is 1. The van der Waals surface area contributed by atoms with Crippen molar-refractivity contribution in [2.45, 2.75) is 52.6 Å². The standard InChI is InChI=1S/C15H23F2N/c1-11(2)5-4-6-12(3)18-10-13-9-14(16)7-8-15(13)17/h7-9,11-12,18H,4-6,10H2,1-3H3. The largest absolute Gasteiger partial charge is 0.310 e. The van der Waals surface area contributed by atoms with Gasteiger partial charge in [-0.25, -0.2) is 8.78 Å². The molecule has 0 radical (unpaired) electrons. The van der Waals surface area contributed by atoms with Crippen molar-refractivity contribution in [1.29, 1.82) is 0 Å². The molecule has 102 valence electrons. The van der Waals surface area contributed by atoms with Crippen molar-refractivity contribution >= 4 is 0 Å². The fourth-order valence-corrected chi connectivity index (χ4v) is 1.90. The van der Waals surface area contributed by atoms with Crippen LogP contribution in [0.25, 0.3) is 0 Å². The van der Waals surface area contributed by atoms with Crippen molar-refractivity contribution in [1.82, 2.24) is 5.32 Å². The summed E-state index contributed by atoms with van der Waals surface area (Å²) in [5.74, 6) is -0.0168. The van der Waals surface area contributed by atoms with Crippen LogP contribution in [0.1, 0.15) is 45.6 Å². The molecule has 0 amide bonds. The van der Waals surface area contributed by atoms with Gasteiger partial charge in [0.1, 0.15) is 11.6 Å². The Morgan fingerprint density at radius 2 is 1.83 bits per heavy atom. The Morgan fingerprint density at radius 1 is 1.11 bits per heavy atom. The maximum atomic E-state index is 13.4. The highest BCUT2D eigenvalue weighted by Crippen LogP contribution is 2.11. The van der Waals surface area contributed by atoms with E-state index >= 15 is 0 Å². The van der Waals surface area contributed by atoms with Crippen LogP contribution < -0.4 is 5.32 Å². The average Bonchev–Trinajstić information content (AvgIpc) is 2.30. The normalized spacial score (nSPS) is 13.0. The molecule has 0 saturated carbocycles. The zero-order chi connectivity index (χ0) is 13.5. The molecule has 0 fully saturated rings. The minimum atomic E-state index is -0.388. The minimum Gasteiger partial charge on any atom is -0.310 e. The molecule has 0 spiro atoms. The molecule has 0 saturated heterocycles. The SMILES string of the molecule is CC(C)CCCC(C)NCc1cc(F)ccc1F. The zero-order valence-electron chi connectivity index (χ0n) is 11.5. The van der Waals surface area contributed by atoms with Gasteiger partial charge in [-0.1, -0.05) is 26.7 Å². The fourth-order valence-electron chi connectivity index (χ4n) is 1.90. The van der Waals surface area contributed by atoms with E-state index in [4.69, 9.17) is 0 Å². The molecule has 1 unspecified atom stereocenters. The molecule has 3 heteroatoms. The molecule has 0 aromatic heterocycles. The van der Waals surface area contributed by atoms with Crippen LogP contribution in [0.2, 0.25) is 0 Å². The second-order valence-electron chi connectivity index (χ2n) is 5.34. The third-order valence-electron chi connectivity index (χ3n) is 3.07. The summed E-state index contributed by atoms with van der Waals surface area (Å²) in [5, 5.41) is 3.23. The van der Waals surface area contributed by atoms with Gasteiger partial charge in [-0.2, -0.15) is 0 Å². The van der Waals surface area contributed by atoms with Gasteiger partial charge in [0, 0.05) is 18.2 Å². The Labute approximate surface area is 109 Å². The number of benzene rings is 1. The van der Waals surface area contributed by atoms with Crippen LogP contribution in [0, 0.1) is 17.6 Å². The lowest BCUT2D eigenvalue weighted by Crippen LogP contribution is -2.26. The summed E-state index contributed by atoms with van der Waals surface area (Å²) in [5.41, 5.74) is 0.394. The monoisotopic (exact) mass is 255 g/mol. The molecule has 0 bridgehead atoms. The van der Waals surface area contributed by atoms with Gasteiger partial charge in [-0.15, -0.1) is 0 Å². The lowest BCUT2D eigenvalue weighted by Gasteiger charge is -2.14. The van der Waals surface area contributed by atoms with E-state index in [0.717, 1.165) is 24.8 Å². The Kier molecular flexibility index (Phi) is 6.27. The first-order valence-electron chi connectivity index (χ1n) is 6.66. The van der Waals surface area contributed by atoms with Gasteiger partial charge in [0.05, 0.1) is 0 Å². The number of halogens is 2. The summed E-state index contributed by atoms with van der Waals surface area (Å²) in [6.07, 6.45) is 3.44. The van der Waals surface area contributed by atoms with Crippen molar-refractivity contribution in [2.75, 3.05) is 0 Å². The molecule has 0 aliphatic carbocycles. The molecule has 0 heterocycles. The summed E-state index contributed by atoms with van der Waals surface area (Å²) in [7, 11) is 0.